The first-order valence-corrected chi connectivity index (χ1v) is 9.07. The molecule has 0 aromatic heterocycles. The summed E-state index contributed by atoms with van der Waals surface area (Å²) in [5.74, 6) is 0. The predicted molar refractivity (Wildman–Crippen MR) is 67.0 cm³/mol. The third-order valence-electron chi connectivity index (χ3n) is 1.79. The second-order valence-electron chi connectivity index (χ2n) is 4.80. The highest BCUT2D eigenvalue weighted by atomic mass is 28.4. The maximum atomic E-state index is 9.42. The number of rotatable bonds is 7. The number of nitrogens with zero attached hydrogens (tertiary/aromatic N) is 1. The molecule has 0 aliphatic heterocycles. The van der Waals surface area contributed by atoms with Gasteiger partial charge in [0, 0.05) is 0 Å². The van der Waals surface area contributed by atoms with Crippen LogP contribution >= 0.6 is 0 Å². The van der Waals surface area contributed by atoms with Crippen molar-refractivity contribution in [3.8, 4) is 0 Å². The minimum absolute atomic E-state index is 0.420. The van der Waals surface area contributed by atoms with Crippen molar-refractivity contribution in [2.75, 3.05) is 0 Å². The second kappa shape index (κ2) is 6.73. The smallest absolute Gasteiger partial charge is 0.453 e. The highest BCUT2D eigenvalue weighted by molar-refractivity contribution is 6.75. The summed E-state index contributed by atoms with van der Waals surface area (Å²) in [5, 5.41) is 20.0. The summed E-state index contributed by atoms with van der Waals surface area (Å²) in [6, 6.07) is 0. The molecule has 0 aliphatic rings. The van der Waals surface area contributed by atoms with Gasteiger partial charge in [-0.15, -0.1) is 5.06 Å². The van der Waals surface area contributed by atoms with Crippen LogP contribution < -0.4 is 0 Å². The maximum absolute atomic E-state index is 9.42. The summed E-state index contributed by atoms with van der Waals surface area (Å²) in [5.41, 5.74) is 0. The van der Waals surface area contributed by atoms with E-state index < -0.39 is 27.9 Å². The lowest BCUT2D eigenvalue weighted by Crippen LogP contribution is -2.47. The van der Waals surface area contributed by atoms with Gasteiger partial charge < -0.3 is 19.3 Å². The molecule has 0 fully saturated rings. The van der Waals surface area contributed by atoms with Gasteiger partial charge in [-0.3, -0.25) is 0 Å². The zero-order valence-corrected chi connectivity index (χ0v) is 12.1. The highest BCUT2D eigenvalue weighted by Gasteiger charge is 2.30. The van der Waals surface area contributed by atoms with E-state index in [0.717, 1.165) is 5.06 Å². The van der Waals surface area contributed by atoms with Crippen LogP contribution in [-0.2, 0) is 9.10 Å². The Bertz CT molecular complexity index is 190. The standard InChI is InChI=1S/C9H24BNO4Si/c1-7-10(15-16(4,5)6)14-11(8(2)12)9(3)13/h8-9,12-13H,7H2,1-6H3. The quantitative estimate of drug-likeness (QED) is 0.404. The van der Waals surface area contributed by atoms with Crippen LogP contribution in [0.1, 0.15) is 20.8 Å². The summed E-state index contributed by atoms with van der Waals surface area (Å²) in [4.78, 5) is 0. The van der Waals surface area contributed by atoms with Crippen LogP contribution in [0.4, 0.5) is 0 Å². The minimum Gasteiger partial charge on any atom is -0.453 e. The minimum atomic E-state index is -1.69. The van der Waals surface area contributed by atoms with Crippen molar-refractivity contribution in [3.05, 3.63) is 0 Å². The van der Waals surface area contributed by atoms with E-state index in [1.165, 1.54) is 13.8 Å². The Hall–Kier alpha value is 0.0818. The topological polar surface area (TPSA) is 62.2 Å². The van der Waals surface area contributed by atoms with Crippen LogP contribution in [-0.4, -0.2) is 43.2 Å². The lowest BCUT2D eigenvalue weighted by atomic mass is 9.88. The van der Waals surface area contributed by atoms with Gasteiger partial charge in [0.15, 0.2) is 8.32 Å². The van der Waals surface area contributed by atoms with E-state index in [1.54, 1.807) is 0 Å². The second-order valence-corrected chi connectivity index (χ2v) is 9.26. The zero-order chi connectivity index (χ0) is 12.9. The summed E-state index contributed by atoms with van der Waals surface area (Å²) in [6.45, 7) is 11.2. The molecule has 0 aromatic rings. The number of aliphatic hydroxyl groups excluding tert-OH is 2. The lowest BCUT2D eigenvalue weighted by molar-refractivity contribution is -0.245. The first-order chi connectivity index (χ1) is 7.17. The van der Waals surface area contributed by atoms with Crippen LogP contribution in [0.25, 0.3) is 0 Å². The van der Waals surface area contributed by atoms with Gasteiger partial charge >= 0.3 is 7.12 Å². The first kappa shape index (κ1) is 16.1. The van der Waals surface area contributed by atoms with Gasteiger partial charge in [-0.05, 0) is 39.8 Å². The van der Waals surface area contributed by atoms with Crippen LogP contribution in [0.5, 0.6) is 0 Å². The molecule has 5 nitrogen and oxygen atoms in total. The van der Waals surface area contributed by atoms with E-state index in [4.69, 9.17) is 9.10 Å². The Morgan fingerprint density at radius 1 is 1.19 bits per heavy atom. The van der Waals surface area contributed by atoms with Gasteiger partial charge in [-0.1, -0.05) is 6.92 Å². The predicted octanol–water partition coefficient (Wildman–Crippen LogP) is 1.26. The molecule has 96 valence electrons. The van der Waals surface area contributed by atoms with Crippen molar-refractivity contribution < 1.29 is 19.3 Å². The lowest BCUT2D eigenvalue weighted by Gasteiger charge is -2.32. The van der Waals surface area contributed by atoms with Crippen molar-refractivity contribution in [3.63, 3.8) is 0 Å². The molecule has 0 saturated heterocycles. The number of hydrogen-bond donors (Lipinski definition) is 2. The normalized spacial score (nSPS) is 16.3. The molecule has 0 bridgehead atoms. The van der Waals surface area contributed by atoms with Crippen LogP contribution in [0, 0.1) is 0 Å². The van der Waals surface area contributed by atoms with E-state index in [9.17, 15) is 10.2 Å². The summed E-state index contributed by atoms with van der Waals surface area (Å²) >= 11 is 0. The molecular weight excluding hydrogens is 225 g/mol. The van der Waals surface area contributed by atoms with Crippen molar-refractivity contribution in [1.29, 1.82) is 0 Å². The molecule has 2 atom stereocenters. The molecule has 0 spiro atoms. The number of hydrogen-bond acceptors (Lipinski definition) is 5. The summed E-state index contributed by atoms with van der Waals surface area (Å²) in [6.07, 6.45) is -1.08. The summed E-state index contributed by atoms with van der Waals surface area (Å²) < 4.78 is 11.2. The highest BCUT2D eigenvalue weighted by Crippen LogP contribution is 2.12. The molecule has 16 heavy (non-hydrogen) atoms. The van der Waals surface area contributed by atoms with Crippen LogP contribution in [0.2, 0.25) is 26.0 Å². The van der Waals surface area contributed by atoms with Gasteiger partial charge in [0.2, 0.25) is 0 Å². The third kappa shape index (κ3) is 6.62. The Morgan fingerprint density at radius 2 is 1.62 bits per heavy atom. The molecule has 2 N–H and O–H groups in total. The van der Waals surface area contributed by atoms with E-state index in [0.29, 0.717) is 6.32 Å². The summed E-state index contributed by atoms with van der Waals surface area (Å²) in [7, 11) is -2.11. The van der Waals surface area contributed by atoms with Crippen molar-refractivity contribution in [2.24, 2.45) is 0 Å². The van der Waals surface area contributed by atoms with E-state index >= 15 is 0 Å². The van der Waals surface area contributed by atoms with Crippen molar-refractivity contribution in [2.45, 2.75) is 59.2 Å². The molecule has 0 aliphatic carbocycles. The third-order valence-corrected chi connectivity index (χ3v) is 2.76. The van der Waals surface area contributed by atoms with Gasteiger partial charge in [-0.2, -0.15) is 0 Å². The number of aliphatic hydroxyl groups is 2. The maximum Gasteiger partial charge on any atom is 0.464 e. The molecule has 0 saturated carbocycles. The monoisotopic (exact) mass is 249 g/mol. The van der Waals surface area contributed by atoms with E-state index in [2.05, 4.69) is 19.6 Å². The van der Waals surface area contributed by atoms with Crippen molar-refractivity contribution >= 4 is 15.4 Å². The fourth-order valence-electron chi connectivity index (χ4n) is 1.20. The molecule has 0 amide bonds. The van der Waals surface area contributed by atoms with Crippen LogP contribution in [0.3, 0.4) is 0 Å². The fourth-order valence-corrected chi connectivity index (χ4v) is 2.20. The van der Waals surface area contributed by atoms with Crippen LogP contribution in [0.15, 0.2) is 0 Å². The molecule has 0 rings (SSSR count). The van der Waals surface area contributed by atoms with Gasteiger partial charge in [-0.25, -0.2) is 0 Å². The molecular formula is C9H24BNO4Si. The largest absolute Gasteiger partial charge is 0.464 e. The fraction of sp³-hybridized carbons (Fsp3) is 1.00. The average Bonchev–Trinajstić information content (AvgIpc) is 2.08. The first-order valence-electron chi connectivity index (χ1n) is 5.66. The number of hydroxylamine groups is 2. The van der Waals surface area contributed by atoms with Gasteiger partial charge in [0.1, 0.15) is 12.5 Å². The molecule has 0 heterocycles. The van der Waals surface area contributed by atoms with E-state index in [-0.39, 0.29) is 0 Å². The molecule has 0 radical (unpaired) electrons. The Labute approximate surface area is 99.6 Å². The van der Waals surface area contributed by atoms with Gasteiger partial charge in [0.25, 0.3) is 0 Å². The molecule has 7 heteroatoms. The Kier molecular flexibility index (Phi) is 6.76. The Morgan fingerprint density at radius 3 is 1.88 bits per heavy atom. The Balaban J connectivity index is 4.39. The van der Waals surface area contributed by atoms with Gasteiger partial charge in [0.05, 0.1) is 0 Å². The average molecular weight is 249 g/mol. The molecule has 2 unspecified atom stereocenters. The van der Waals surface area contributed by atoms with E-state index in [1.807, 2.05) is 6.92 Å². The SMILES string of the molecule is CCB(ON(C(C)O)C(C)O)O[Si](C)(C)C. The van der Waals surface area contributed by atoms with Crippen molar-refractivity contribution in [1.82, 2.24) is 5.06 Å². The zero-order valence-electron chi connectivity index (χ0n) is 11.1. The molecule has 0 aromatic carbocycles.